The van der Waals surface area contributed by atoms with Gasteiger partial charge < -0.3 is 9.47 Å². The Kier molecular flexibility index (Phi) is 4.64. The predicted octanol–water partition coefficient (Wildman–Crippen LogP) is 4.21. The van der Waals surface area contributed by atoms with Gasteiger partial charge in [0.05, 0.1) is 17.9 Å². The van der Waals surface area contributed by atoms with Crippen LogP contribution in [0, 0.1) is 6.92 Å². The molecule has 0 saturated heterocycles. The van der Waals surface area contributed by atoms with Gasteiger partial charge >= 0.3 is 0 Å². The Bertz CT molecular complexity index is 932. The SMILES string of the molecule is Cc1ccc(CCN2Cc3c(-c4ccccc4)nc(Br)n3CC2=O)cc1. The molecule has 132 valence electrons. The van der Waals surface area contributed by atoms with Crippen LogP contribution in [0.25, 0.3) is 11.3 Å². The molecule has 26 heavy (non-hydrogen) atoms. The van der Waals surface area contributed by atoms with Gasteiger partial charge in [-0.3, -0.25) is 4.79 Å². The van der Waals surface area contributed by atoms with Gasteiger partial charge in [-0.15, -0.1) is 0 Å². The molecule has 0 unspecified atom stereocenters. The number of amides is 1. The third-order valence-corrected chi connectivity index (χ3v) is 5.46. The fourth-order valence-corrected chi connectivity index (χ4v) is 3.85. The van der Waals surface area contributed by atoms with Crippen molar-refractivity contribution in [3.8, 4) is 11.3 Å². The van der Waals surface area contributed by atoms with E-state index in [-0.39, 0.29) is 5.91 Å². The molecule has 0 aliphatic carbocycles. The van der Waals surface area contributed by atoms with Gasteiger partial charge in [-0.25, -0.2) is 4.98 Å². The molecular weight excluding hydrogens is 390 g/mol. The lowest BCUT2D eigenvalue weighted by Gasteiger charge is -2.29. The summed E-state index contributed by atoms with van der Waals surface area (Å²) in [7, 11) is 0. The average Bonchev–Trinajstić information content (AvgIpc) is 2.98. The Balaban J connectivity index is 1.57. The van der Waals surface area contributed by atoms with E-state index in [1.165, 1.54) is 11.1 Å². The fraction of sp³-hybridized carbons (Fsp3) is 0.238. The van der Waals surface area contributed by atoms with E-state index in [0.717, 1.165) is 34.7 Å². The van der Waals surface area contributed by atoms with Crippen LogP contribution in [0.15, 0.2) is 59.3 Å². The summed E-state index contributed by atoms with van der Waals surface area (Å²) in [4.78, 5) is 19.2. The minimum absolute atomic E-state index is 0.141. The summed E-state index contributed by atoms with van der Waals surface area (Å²) in [5.41, 5.74) is 5.63. The zero-order valence-electron chi connectivity index (χ0n) is 14.7. The number of aryl methyl sites for hydroxylation is 1. The van der Waals surface area contributed by atoms with Crippen molar-refractivity contribution >= 4 is 21.8 Å². The van der Waals surface area contributed by atoms with E-state index in [2.05, 4.69) is 64.2 Å². The number of hydrogen-bond acceptors (Lipinski definition) is 2. The Morgan fingerprint density at radius 3 is 2.50 bits per heavy atom. The molecule has 0 fully saturated rings. The third kappa shape index (κ3) is 3.31. The topological polar surface area (TPSA) is 38.1 Å². The lowest BCUT2D eigenvalue weighted by atomic mass is 10.1. The molecule has 1 aliphatic rings. The van der Waals surface area contributed by atoms with Crippen LogP contribution in [0.4, 0.5) is 0 Å². The molecule has 0 radical (unpaired) electrons. The first-order chi connectivity index (χ1) is 12.6. The molecule has 1 aromatic heterocycles. The molecule has 4 nitrogen and oxygen atoms in total. The zero-order chi connectivity index (χ0) is 18.1. The molecule has 2 aromatic carbocycles. The van der Waals surface area contributed by atoms with Crippen LogP contribution in [0.5, 0.6) is 0 Å². The van der Waals surface area contributed by atoms with Crippen molar-refractivity contribution in [1.29, 1.82) is 0 Å². The summed E-state index contributed by atoms with van der Waals surface area (Å²) in [5, 5.41) is 0. The summed E-state index contributed by atoms with van der Waals surface area (Å²) in [5.74, 6) is 0.141. The molecule has 0 saturated carbocycles. The normalized spacial score (nSPS) is 13.8. The smallest absolute Gasteiger partial charge is 0.242 e. The highest BCUT2D eigenvalue weighted by molar-refractivity contribution is 9.10. The second kappa shape index (κ2) is 7.08. The Hall–Kier alpha value is -2.40. The van der Waals surface area contributed by atoms with Crippen molar-refractivity contribution in [3.05, 3.63) is 76.2 Å². The summed E-state index contributed by atoms with van der Waals surface area (Å²) < 4.78 is 2.70. The standard InChI is InChI=1S/C21H20BrN3O/c1-15-7-9-16(10-8-15)11-12-24-13-18-20(17-5-3-2-4-6-17)23-21(22)25(18)14-19(24)26/h2-10H,11-14H2,1H3. The number of carbonyl (C=O) groups is 1. The van der Waals surface area contributed by atoms with Crippen LogP contribution < -0.4 is 0 Å². The Morgan fingerprint density at radius 2 is 1.77 bits per heavy atom. The summed E-state index contributed by atoms with van der Waals surface area (Å²) in [6.45, 7) is 3.73. The number of benzene rings is 2. The molecule has 2 heterocycles. The number of fused-ring (bicyclic) bond motifs is 1. The highest BCUT2D eigenvalue weighted by atomic mass is 79.9. The molecule has 4 rings (SSSR count). The van der Waals surface area contributed by atoms with Gasteiger partial charge in [0, 0.05) is 12.1 Å². The first-order valence-electron chi connectivity index (χ1n) is 8.75. The van der Waals surface area contributed by atoms with Crippen molar-refractivity contribution in [2.45, 2.75) is 26.4 Å². The number of aromatic nitrogens is 2. The van der Waals surface area contributed by atoms with Gasteiger partial charge in [0.2, 0.25) is 5.91 Å². The van der Waals surface area contributed by atoms with Gasteiger partial charge in [-0.2, -0.15) is 0 Å². The van der Waals surface area contributed by atoms with Crippen molar-refractivity contribution in [2.75, 3.05) is 6.54 Å². The first kappa shape index (κ1) is 17.0. The summed E-state index contributed by atoms with van der Waals surface area (Å²) in [6.07, 6.45) is 0.863. The van der Waals surface area contributed by atoms with Gasteiger partial charge in [0.1, 0.15) is 6.54 Å². The van der Waals surface area contributed by atoms with E-state index in [1.54, 1.807) is 0 Å². The van der Waals surface area contributed by atoms with E-state index in [0.29, 0.717) is 13.1 Å². The number of halogens is 1. The van der Waals surface area contributed by atoms with Crippen LogP contribution >= 0.6 is 15.9 Å². The lowest BCUT2D eigenvalue weighted by molar-refractivity contribution is -0.134. The molecule has 0 N–H and O–H groups in total. The second-order valence-electron chi connectivity index (χ2n) is 6.68. The van der Waals surface area contributed by atoms with Crippen LogP contribution in [0.1, 0.15) is 16.8 Å². The number of imidazole rings is 1. The molecule has 0 spiro atoms. The van der Waals surface area contributed by atoms with Crippen LogP contribution in [-0.4, -0.2) is 26.9 Å². The van der Waals surface area contributed by atoms with E-state index in [9.17, 15) is 4.79 Å². The maximum absolute atomic E-state index is 12.6. The molecular formula is C21H20BrN3O. The minimum atomic E-state index is 0.141. The summed E-state index contributed by atoms with van der Waals surface area (Å²) >= 11 is 3.51. The third-order valence-electron chi connectivity index (χ3n) is 4.85. The van der Waals surface area contributed by atoms with Gasteiger partial charge in [-0.1, -0.05) is 60.2 Å². The fourth-order valence-electron chi connectivity index (χ4n) is 3.33. The van der Waals surface area contributed by atoms with Crippen molar-refractivity contribution < 1.29 is 4.79 Å². The van der Waals surface area contributed by atoms with E-state index >= 15 is 0 Å². The van der Waals surface area contributed by atoms with E-state index in [4.69, 9.17) is 0 Å². The van der Waals surface area contributed by atoms with Crippen LogP contribution in [-0.2, 0) is 24.3 Å². The van der Waals surface area contributed by atoms with Crippen molar-refractivity contribution in [3.63, 3.8) is 0 Å². The molecule has 5 heteroatoms. The van der Waals surface area contributed by atoms with Crippen molar-refractivity contribution in [2.24, 2.45) is 0 Å². The molecule has 1 aliphatic heterocycles. The van der Waals surface area contributed by atoms with E-state index in [1.807, 2.05) is 27.7 Å². The Labute approximate surface area is 161 Å². The van der Waals surface area contributed by atoms with Gasteiger partial charge in [0.15, 0.2) is 4.73 Å². The second-order valence-corrected chi connectivity index (χ2v) is 7.39. The monoisotopic (exact) mass is 409 g/mol. The number of nitrogens with zero attached hydrogens (tertiary/aromatic N) is 3. The average molecular weight is 410 g/mol. The lowest BCUT2D eigenvalue weighted by Crippen LogP contribution is -2.40. The number of hydrogen-bond donors (Lipinski definition) is 0. The number of carbonyl (C=O) groups excluding carboxylic acids is 1. The molecule has 0 atom stereocenters. The highest BCUT2D eigenvalue weighted by Crippen LogP contribution is 2.30. The first-order valence-corrected chi connectivity index (χ1v) is 9.55. The van der Waals surface area contributed by atoms with Crippen LogP contribution in [0.3, 0.4) is 0 Å². The highest BCUT2D eigenvalue weighted by Gasteiger charge is 2.28. The van der Waals surface area contributed by atoms with Gasteiger partial charge in [-0.05, 0) is 34.8 Å². The van der Waals surface area contributed by atoms with Crippen molar-refractivity contribution in [1.82, 2.24) is 14.5 Å². The molecule has 1 amide bonds. The maximum Gasteiger partial charge on any atom is 0.242 e. The summed E-state index contributed by atoms with van der Waals surface area (Å²) in [6, 6.07) is 18.7. The predicted molar refractivity (Wildman–Crippen MR) is 106 cm³/mol. The molecule has 3 aromatic rings. The minimum Gasteiger partial charge on any atom is -0.335 e. The Morgan fingerprint density at radius 1 is 1.04 bits per heavy atom. The van der Waals surface area contributed by atoms with Crippen LogP contribution in [0.2, 0.25) is 0 Å². The zero-order valence-corrected chi connectivity index (χ0v) is 16.2. The number of rotatable bonds is 4. The van der Waals surface area contributed by atoms with Gasteiger partial charge in [0.25, 0.3) is 0 Å². The largest absolute Gasteiger partial charge is 0.335 e. The molecule has 0 bridgehead atoms. The maximum atomic E-state index is 12.6. The van der Waals surface area contributed by atoms with E-state index < -0.39 is 0 Å². The quantitative estimate of drug-likeness (QED) is 0.647.